The number of amides is 1. The second-order valence-corrected chi connectivity index (χ2v) is 8.42. The summed E-state index contributed by atoms with van der Waals surface area (Å²) in [5.74, 6) is 0.563. The van der Waals surface area contributed by atoms with Gasteiger partial charge in [0.1, 0.15) is 0 Å². The van der Waals surface area contributed by atoms with Crippen LogP contribution in [0.3, 0.4) is 0 Å². The van der Waals surface area contributed by atoms with Crippen molar-refractivity contribution >= 4 is 21.6 Å². The fraction of sp³-hybridized carbons (Fsp3) is 0.588. The molecule has 1 aliphatic rings. The Hall–Kier alpha value is -1.56. The molecule has 0 radical (unpaired) electrons. The van der Waals surface area contributed by atoms with Gasteiger partial charge in [-0.3, -0.25) is 9.10 Å². The number of carbonyl (C=O) groups is 1. The van der Waals surface area contributed by atoms with Gasteiger partial charge in [-0.25, -0.2) is 8.42 Å². The van der Waals surface area contributed by atoms with Gasteiger partial charge in [-0.05, 0) is 43.4 Å². The van der Waals surface area contributed by atoms with E-state index in [9.17, 15) is 13.2 Å². The lowest BCUT2D eigenvalue weighted by Crippen LogP contribution is -2.41. The number of hydrogen-bond acceptors (Lipinski definition) is 3. The van der Waals surface area contributed by atoms with Crippen LogP contribution in [-0.2, 0) is 14.8 Å². The van der Waals surface area contributed by atoms with Crippen molar-refractivity contribution in [2.75, 3.05) is 30.2 Å². The molecule has 1 saturated heterocycles. The standard InChI is InChI=1S/C17H26N2O3S/c1-14-6-4-8-16(12-14)19(23(3,21)22)11-9-17(20)18-10-5-7-15(2)13-18/h4,6,8,12,15H,5,7,9-11,13H2,1-3H3. The minimum Gasteiger partial charge on any atom is -0.342 e. The molecule has 6 heteroatoms. The number of likely N-dealkylation sites (tertiary alicyclic amines) is 1. The molecule has 0 bridgehead atoms. The summed E-state index contributed by atoms with van der Waals surface area (Å²) in [6, 6.07) is 7.34. The summed E-state index contributed by atoms with van der Waals surface area (Å²) >= 11 is 0. The highest BCUT2D eigenvalue weighted by molar-refractivity contribution is 7.92. The van der Waals surface area contributed by atoms with E-state index in [4.69, 9.17) is 0 Å². The van der Waals surface area contributed by atoms with Crippen LogP contribution in [0.25, 0.3) is 0 Å². The van der Waals surface area contributed by atoms with E-state index in [1.165, 1.54) is 10.6 Å². The van der Waals surface area contributed by atoms with Crippen LogP contribution in [0, 0.1) is 12.8 Å². The van der Waals surface area contributed by atoms with Gasteiger partial charge in [-0.15, -0.1) is 0 Å². The van der Waals surface area contributed by atoms with Crippen molar-refractivity contribution < 1.29 is 13.2 Å². The number of carbonyl (C=O) groups excluding carboxylic acids is 1. The smallest absolute Gasteiger partial charge is 0.232 e. The van der Waals surface area contributed by atoms with Gasteiger partial charge in [-0.2, -0.15) is 0 Å². The quantitative estimate of drug-likeness (QED) is 0.828. The number of anilines is 1. The number of aryl methyl sites for hydroxylation is 1. The van der Waals surface area contributed by atoms with Crippen molar-refractivity contribution in [2.45, 2.75) is 33.1 Å². The van der Waals surface area contributed by atoms with Gasteiger partial charge in [0.15, 0.2) is 0 Å². The molecule has 1 amide bonds. The Labute approximate surface area is 139 Å². The predicted molar refractivity (Wildman–Crippen MR) is 93.0 cm³/mol. The third-order valence-corrected chi connectivity index (χ3v) is 5.42. The van der Waals surface area contributed by atoms with Crippen LogP contribution in [0.1, 0.15) is 31.7 Å². The molecule has 0 saturated carbocycles. The Balaban J connectivity index is 2.06. The molecule has 23 heavy (non-hydrogen) atoms. The Morgan fingerprint density at radius 1 is 1.39 bits per heavy atom. The molecule has 5 nitrogen and oxygen atoms in total. The molecule has 1 fully saturated rings. The molecule has 1 aliphatic heterocycles. The monoisotopic (exact) mass is 338 g/mol. The third kappa shape index (κ3) is 4.96. The van der Waals surface area contributed by atoms with Gasteiger partial charge in [0, 0.05) is 26.1 Å². The molecule has 1 aromatic rings. The molecule has 0 aromatic heterocycles. The summed E-state index contributed by atoms with van der Waals surface area (Å²) in [6.07, 6.45) is 3.58. The van der Waals surface area contributed by atoms with Crippen molar-refractivity contribution in [1.29, 1.82) is 0 Å². The van der Waals surface area contributed by atoms with Crippen LogP contribution < -0.4 is 4.31 Å². The molecule has 2 rings (SSSR count). The zero-order valence-corrected chi connectivity index (χ0v) is 15.0. The Morgan fingerprint density at radius 2 is 2.13 bits per heavy atom. The first kappa shape index (κ1) is 17.8. The third-order valence-electron chi connectivity index (χ3n) is 4.23. The van der Waals surface area contributed by atoms with E-state index < -0.39 is 10.0 Å². The minimum absolute atomic E-state index is 0.0397. The molecule has 0 N–H and O–H groups in total. The zero-order valence-electron chi connectivity index (χ0n) is 14.2. The van der Waals surface area contributed by atoms with Crippen molar-refractivity contribution in [3.8, 4) is 0 Å². The lowest BCUT2D eigenvalue weighted by molar-refractivity contribution is -0.132. The summed E-state index contributed by atoms with van der Waals surface area (Å²) in [5.41, 5.74) is 1.61. The maximum atomic E-state index is 12.4. The molecule has 0 aliphatic carbocycles. The summed E-state index contributed by atoms with van der Waals surface area (Å²) in [7, 11) is -3.41. The van der Waals surface area contributed by atoms with E-state index >= 15 is 0 Å². The maximum absolute atomic E-state index is 12.4. The van der Waals surface area contributed by atoms with Crippen molar-refractivity contribution in [3.63, 3.8) is 0 Å². The number of sulfonamides is 1. The van der Waals surface area contributed by atoms with Crippen LogP contribution in [0.4, 0.5) is 5.69 Å². The highest BCUT2D eigenvalue weighted by Crippen LogP contribution is 2.20. The molecular formula is C17H26N2O3S. The number of nitrogens with zero attached hydrogens (tertiary/aromatic N) is 2. The Morgan fingerprint density at radius 3 is 2.74 bits per heavy atom. The fourth-order valence-electron chi connectivity index (χ4n) is 3.04. The Bertz CT molecular complexity index is 658. The summed E-state index contributed by atoms with van der Waals surface area (Å²) < 4.78 is 25.5. The van der Waals surface area contributed by atoms with E-state index in [-0.39, 0.29) is 18.9 Å². The lowest BCUT2D eigenvalue weighted by atomic mass is 10.00. The number of benzene rings is 1. The van der Waals surface area contributed by atoms with Crippen LogP contribution in [0.15, 0.2) is 24.3 Å². The van der Waals surface area contributed by atoms with E-state index in [1.807, 2.05) is 30.0 Å². The van der Waals surface area contributed by atoms with E-state index in [0.29, 0.717) is 11.6 Å². The number of piperidine rings is 1. The van der Waals surface area contributed by atoms with Gasteiger partial charge >= 0.3 is 0 Å². The van der Waals surface area contributed by atoms with Crippen molar-refractivity contribution in [2.24, 2.45) is 5.92 Å². The van der Waals surface area contributed by atoms with E-state index in [0.717, 1.165) is 31.5 Å². The zero-order chi connectivity index (χ0) is 17.0. The van der Waals surface area contributed by atoms with Crippen LogP contribution in [0.2, 0.25) is 0 Å². The summed E-state index contributed by atoms with van der Waals surface area (Å²) in [5, 5.41) is 0. The fourth-order valence-corrected chi connectivity index (χ4v) is 3.96. The van der Waals surface area contributed by atoms with Gasteiger partial charge in [-0.1, -0.05) is 19.1 Å². The molecule has 1 heterocycles. The van der Waals surface area contributed by atoms with E-state index in [2.05, 4.69) is 6.92 Å². The summed E-state index contributed by atoms with van der Waals surface area (Å²) in [4.78, 5) is 14.2. The molecule has 128 valence electrons. The first-order valence-corrected chi connectivity index (χ1v) is 9.94. The highest BCUT2D eigenvalue weighted by atomic mass is 32.2. The first-order chi connectivity index (χ1) is 10.8. The SMILES string of the molecule is Cc1cccc(N(CCC(=O)N2CCCC(C)C2)S(C)(=O)=O)c1. The lowest BCUT2D eigenvalue weighted by Gasteiger charge is -2.32. The average Bonchev–Trinajstić information content (AvgIpc) is 2.46. The van der Waals surface area contributed by atoms with Gasteiger partial charge in [0.05, 0.1) is 11.9 Å². The minimum atomic E-state index is -3.41. The second-order valence-electron chi connectivity index (χ2n) is 6.51. The highest BCUT2D eigenvalue weighted by Gasteiger charge is 2.23. The van der Waals surface area contributed by atoms with Crippen LogP contribution in [0.5, 0.6) is 0 Å². The number of hydrogen-bond donors (Lipinski definition) is 0. The van der Waals surface area contributed by atoms with Gasteiger partial charge in [0.25, 0.3) is 0 Å². The van der Waals surface area contributed by atoms with Gasteiger partial charge < -0.3 is 4.90 Å². The molecule has 0 spiro atoms. The van der Waals surface area contributed by atoms with E-state index in [1.54, 1.807) is 6.07 Å². The van der Waals surface area contributed by atoms with Crippen molar-refractivity contribution in [3.05, 3.63) is 29.8 Å². The van der Waals surface area contributed by atoms with Gasteiger partial charge in [0.2, 0.25) is 15.9 Å². The Kier molecular flexibility index (Phi) is 5.68. The summed E-state index contributed by atoms with van der Waals surface area (Å²) in [6.45, 7) is 5.82. The normalized spacial score (nSPS) is 18.7. The predicted octanol–water partition coefficient (Wildman–Crippen LogP) is 2.41. The number of rotatable bonds is 5. The van der Waals surface area contributed by atoms with Crippen LogP contribution >= 0.6 is 0 Å². The van der Waals surface area contributed by atoms with Crippen LogP contribution in [-0.4, -0.2) is 45.1 Å². The molecular weight excluding hydrogens is 312 g/mol. The molecule has 1 atom stereocenters. The average molecular weight is 338 g/mol. The topological polar surface area (TPSA) is 57.7 Å². The first-order valence-electron chi connectivity index (χ1n) is 8.09. The molecule has 1 aromatic carbocycles. The largest absolute Gasteiger partial charge is 0.342 e. The van der Waals surface area contributed by atoms with Crippen molar-refractivity contribution in [1.82, 2.24) is 4.90 Å². The molecule has 1 unspecified atom stereocenters. The second kappa shape index (κ2) is 7.34. The maximum Gasteiger partial charge on any atom is 0.232 e.